The van der Waals surface area contributed by atoms with Crippen molar-refractivity contribution in [1.82, 2.24) is 35.0 Å². The number of hydrogen-bond donors (Lipinski definition) is 2. The zero-order valence-corrected chi connectivity index (χ0v) is 29.3. The van der Waals surface area contributed by atoms with E-state index in [4.69, 9.17) is 14.6 Å². The summed E-state index contributed by atoms with van der Waals surface area (Å²) in [7, 11) is 0. The summed E-state index contributed by atoms with van der Waals surface area (Å²) in [5.41, 5.74) is -3.12. The Balaban J connectivity index is 1.10. The monoisotopic (exact) mass is 734 g/mol. The fourth-order valence-electron chi connectivity index (χ4n) is 8.95. The average molecular weight is 735 g/mol. The number of aromatic nitrogens is 6. The van der Waals surface area contributed by atoms with Crippen LogP contribution >= 0.6 is 0 Å². The molecule has 4 aliphatic rings. The van der Waals surface area contributed by atoms with Gasteiger partial charge >= 0.3 is 12.1 Å². The molecule has 16 heteroatoms. The van der Waals surface area contributed by atoms with Gasteiger partial charge in [0.2, 0.25) is 5.95 Å². The molecule has 1 amide bonds. The van der Waals surface area contributed by atoms with Crippen LogP contribution in [0.15, 0.2) is 42.9 Å². The maximum atomic E-state index is 14.8. The SMILES string of the molecule is CC1CC2CC(C1)C(NC(=O)c1cnc(-c3c4ccc(OC5CCN(c6ncccn6)CC5)cc4nn3C3CCOCC3)nc1C(F)(F)F)(C(=O)O)C2. The van der Waals surface area contributed by atoms with Gasteiger partial charge in [0.15, 0.2) is 11.5 Å². The molecule has 4 atom stereocenters. The Kier molecular flexibility index (Phi) is 9.19. The van der Waals surface area contributed by atoms with Crippen molar-refractivity contribution in [2.45, 2.75) is 82.2 Å². The number of benzene rings is 1. The summed E-state index contributed by atoms with van der Waals surface area (Å²) >= 11 is 0. The first kappa shape index (κ1) is 35.2. The van der Waals surface area contributed by atoms with E-state index in [9.17, 15) is 27.9 Å². The Morgan fingerprint density at radius 1 is 1.04 bits per heavy atom. The second kappa shape index (κ2) is 13.8. The summed E-state index contributed by atoms with van der Waals surface area (Å²) in [5, 5.41) is 18.2. The number of fused-ring (bicyclic) bond motifs is 3. The number of hydrogen-bond acceptors (Lipinski definition) is 10. The predicted octanol–water partition coefficient (Wildman–Crippen LogP) is 5.71. The highest BCUT2D eigenvalue weighted by Crippen LogP contribution is 2.51. The van der Waals surface area contributed by atoms with Gasteiger partial charge < -0.3 is 24.8 Å². The summed E-state index contributed by atoms with van der Waals surface area (Å²) in [6.07, 6.45) is 4.02. The first-order chi connectivity index (χ1) is 25.5. The minimum Gasteiger partial charge on any atom is -0.490 e. The number of piperidine rings is 1. The van der Waals surface area contributed by atoms with E-state index in [1.807, 2.05) is 6.92 Å². The van der Waals surface area contributed by atoms with E-state index in [0.717, 1.165) is 38.5 Å². The lowest BCUT2D eigenvalue weighted by Crippen LogP contribution is -2.57. The number of anilines is 1. The number of nitrogens with one attached hydrogen (secondary N) is 1. The molecule has 0 spiro atoms. The van der Waals surface area contributed by atoms with Crippen LogP contribution in [0.1, 0.15) is 80.4 Å². The van der Waals surface area contributed by atoms with Gasteiger partial charge in [-0.1, -0.05) is 6.92 Å². The van der Waals surface area contributed by atoms with E-state index in [0.29, 0.717) is 61.5 Å². The van der Waals surface area contributed by atoms with Crippen LogP contribution in [-0.2, 0) is 15.7 Å². The third-order valence-electron chi connectivity index (χ3n) is 11.4. The lowest BCUT2D eigenvalue weighted by Gasteiger charge is -2.33. The number of ether oxygens (including phenoxy) is 2. The third kappa shape index (κ3) is 6.77. The lowest BCUT2D eigenvalue weighted by molar-refractivity contribution is -0.146. The third-order valence-corrected chi connectivity index (χ3v) is 11.4. The van der Waals surface area contributed by atoms with E-state index in [2.05, 4.69) is 30.2 Å². The highest BCUT2D eigenvalue weighted by molar-refractivity contribution is 5.99. The van der Waals surface area contributed by atoms with Crippen molar-refractivity contribution in [1.29, 1.82) is 0 Å². The Morgan fingerprint density at radius 2 is 1.79 bits per heavy atom. The van der Waals surface area contributed by atoms with Gasteiger partial charge in [-0.15, -0.1) is 0 Å². The van der Waals surface area contributed by atoms with Gasteiger partial charge in [-0.05, 0) is 74.5 Å². The summed E-state index contributed by atoms with van der Waals surface area (Å²) in [6.45, 7) is 4.40. The van der Waals surface area contributed by atoms with Crippen LogP contribution in [0.25, 0.3) is 22.4 Å². The topological polar surface area (TPSA) is 157 Å². The average Bonchev–Trinajstić information content (AvgIpc) is 3.66. The number of carbonyl (C=O) groups is 2. The Morgan fingerprint density at radius 3 is 2.51 bits per heavy atom. The first-order valence-electron chi connectivity index (χ1n) is 18.3. The van der Waals surface area contributed by atoms with Crippen molar-refractivity contribution in [3.8, 4) is 17.3 Å². The second-order valence-electron chi connectivity index (χ2n) is 14.9. The maximum absolute atomic E-state index is 14.8. The molecule has 5 heterocycles. The number of amides is 1. The van der Waals surface area contributed by atoms with Crippen LogP contribution in [0.4, 0.5) is 19.1 Å². The molecule has 13 nitrogen and oxygen atoms in total. The molecule has 53 heavy (non-hydrogen) atoms. The van der Waals surface area contributed by atoms with Gasteiger partial charge in [0.25, 0.3) is 5.91 Å². The number of alkyl halides is 3. The number of carbonyl (C=O) groups excluding carboxylic acids is 1. The molecule has 2 aliphatic heterocycles. The largest absolute Gasteiger partial charge is 0.490 e. The number of rotatable bonds is 8. The van der Waals surface area contributed by atoms with Crippen LogP contribution < -0.4 is 15.0 Å². The number of halogens is 3. The van der Waals surface area contributed by atoms with Gasteiger partial charge in [0, 0.05) is 69.2 Å². The molecule has 3 aromatic heterocycles. The molecule has 0 radical (unpaired) electrons. The van der Waals surface area contributed by atoms with Gasteiger partial charge in [-0.3, -0.25) is 9.48 Å². The van der Waals surface area contributed by atoms with Crippen molar-refractivity contribution in [3.63, 3.8) is 0 Å². The molecular weight excluding hydrogens is 693 g/mol. The standard InChI is InChI=1S/C37H41F3N8O5/c1-21-15-22-17-23(16-21)36(19-22,34(50)51)45-33(49)28-20-43-32(44-31(28)37(38,39)40)30-27-4-3-26(18-29(27)46-48(30)24-7-13-52-14-8-24)53-25-5-11-47(12-6-25)35-41-9-2-10-42-35/h2-4,9-10,18,20-25H,5-8,11-17,19H2,1H3,(H,45,49)(H,50,51). The van der Waals surface area contributed by atoms with Crippen molar-refractivity contribution in [2.75, 3.05) is 31.2 Å². The second-order valence-corrected chi connectivity index (χ2v) is 14.9. The van der Waals surface area contributed by atoms with Crippen LogP contribution in [0.3, 0.4) is 0 Å². The van der Waals surface area contributed by atoms with E-state index in [-0.39, 0.29) is 47.8 Å². The summed E-state index contributed by atoms with van der Waals surface area (Å²) < 4.78 is 57.9. The Labute approximate surface area is 303 Å². The fourth-order valence-corrected chi connectivity index (χ4v) is 8.95. The highest BCUT2D eigenvalue weighted by atomic mass is 19.4. The molecule has 2 saturated heterocycles. The molecule has 4 aromatic rings. The molecular formula is C37H41F3N8O5. The van der Waals surface area contributed by atoms with Gasteiger partial charge in [-0.2, -0.15) is 18.3 Å². The normalized spacial score (nSPS) is 25.4. The Bertz CT molecular complexity index is 2000. The van der Waals surface area contributed by atoms with Gasteiger partial charge in [-0.25, -0.2) is 24.7 Å². The molecule has 4 fully saturated rings. The fraction of sp³-hybridized carbons (Fsp3) is 0.541. The van der Waals surface area contributed by atoms with E-state index < -0.39 is 34.8 Å². The summed E-state index contributed by atoms with van der Waals surface area (Å²) in [6, 6.07) is 6.88. The van der Waals surface area contributed by atoms with Crippen molar-refractivity contribution in [2.24, 2.45) is 17.8 Å². The van der Waals surface area contributed by atoms with Gasteiger partial charge in [0.05, 0.1) is 17.1 Å². The molecule has 4 unspecified atom stereocenters. The number of carboxylic acid groups (broad SMARTS) is 1. The minimum atomic E-state index is -5.04. The number of nitrogens with zero attached hydrogens (tertiary/aromatic N) is 7. The number of carboxylic acids is 1. The zero-order valence-electron chi connectivity index (χ0n) is 29.3. The zero-order chi connectivity index (χ0) is 36.9. The highest BCUT2D eigenvalue weighted by Gasteiger charge is 2.56. The molecule has 2 bridgehead atoms. The van der Waals surface area contributed by atoms with Crippen molar-refractivity contribution in [3.05, 3.63) is 54.1 Å². The molecule has 2 N–H and O–H groups in total. The Hall–Kier alpha value is -4.86. The van der Waals surface area contributed by atoms with Crippen LogP contribution in [0.2, 0.25) is 0 Å². The molecule has 2 aliphatic carbocycles. The van der Waals surface area contributed by atoms with E-state index in [1.165, 1.54) is 0 Å². The molecule has 2 saturated carbocycles. The van der Waals surface area contributed by atoms with Crippen molar-refractivity contribution >= 4 is 28.7 Å². The quantitative estimate of drug-likeness (QED) is 0.229. The van der Waals surface area contributed by atoms with E-state index >= 15 is 0 Å². The first-order valence-corrected chi connectivity index (χ1v) is 18.3. The molecule has 1 aromatic carbocycles. The van der Waals surface area contributed by atoms with Crippen LogP contribution in [0.5, 0.6) is 5.75 Å². The van der Waals surface area contributed by atoms with Crippen LogP contribution in [-0.4, -0.2) is 84.6 Å². The predicted molar refractivity (Wildman–Crippen MR) is 185 cm³/mol. The van der Waals surface area contributed by atoms with E-state index in [1.54, 1.807) is 41.3 Å². The maximum Gasteiger partial charge on any atom is 0.434 e. The van der Waals surface area contributed by atoms with Crippen LogP contribution in [0, 0.1) is 17.8 Å². The smallest absolute Gasteiger partial charge is 0.434 e. The van der Waals surface area contributed by atoms with Crippen molar-refractivity contribution < 1.29 is 37.3 Å². The molecule has 8 rings (SSSR count). The number of aliphatic carboxylic acids is 1. The molecule has 280 valence electrons. The summed E-state index contributed by atoms with van der Waals surface area (Å²) in [5.74, 6) is -1.41. The summed E-state index contributed by atoms with van der Waals surface area (Å²) in [4.78, 5) is 45.4. The lowest BCUT2D eigenvalue weighted by atomic mass is 9.78. The minimum absolute atomic E-state index is 0.0618. The van der Waals surface area contributed by atoms with Gasteiger partial charge in [0.1, 0.15) is 23.1 Å².